The fourth-order valence-electron chi connectivity index (χ4n) is 2.62. The van der Waals surface area contributed by atoms with E-state index >= 15 is 0 Å². The molecule has 0 aromatic heterocycles. The van der Waals surface area contributed by atoms with Crippen LogP contribution in [-0.2, 0) is 0 Å². The third kappa shape index (κ3) is 1.42. The Labute approximate surface area is 68.2 Å². The van der Waals surface area contributed by atoms with Gasteiger partial charge in [0.15, 0.2) is 0 Å². The monoisotopic (exact) mass is 155 g/mol. The molecular weight excluding hydrogens is 138 g/mol. The molecule has 11 heavy (non-hydrogen) atoms. The summed E-state index contributed by atoms with van der Waals surface area (Å²) < 4.78 is 0. The maximum absolute atomic E-state index is 9.28. The number of hydrogen-bond donors (Lipinski definition) is 1. The van der Waals surface area contributed by atoms with Gasteiger partial charge in [-0.05, 0) is 24.7 Å². The van der Waals surface area contributed by atoms with Crippen LogP contribution in [0, 0.1) is 5.41 Å². The molecule has 0 aromatic rings. The van der Waals surface area contributed by atoms with Crippen LogP contribution in [0.2, 0.25) is 0 Å². The average Bonchev–Trinajstić information content (AvgIpc) is 2.34. The minimum absolute atomic E-state index is 0.521. The van der Waals surface area contributed by atoms with Gasteiger partial charge in [-0.1, -0.05) is 19.3 Å². The zero-order chi connectivity index (χ0) is 7.73. The van der Waals surface area contributed by atoms with Crippen LogP contribution < -0.4 is 0 Å². The highest BCUT2D eigenvalue weighted by molar-refractivity contribution is 4.89. The second kappa shape index (κ2) is 2.76. The Morgan fingerprint density at radius 1 is 1.00 bits per heavy atom. The van der Waals surface area contributed by atoms with Gasteiger partial charge in [0.05, 0.1) is 0 Å². The predicted octanol–water partition coefficient (Wildman–Crippen LogP) is 2.03. The Morgan fingerprint density at radius 2 is 1.73 bits per heavy atom. The Kier molecular flexibility index (Phi) is 1.90. The minimum atomic E-state index is 0.521. The first kappa shape index (κ1) is 7.56. The van der Waals surface area contributed by atoms with Crippen LogP contribution in [0.4, 0.5) is 0 Å². The van der Waals surface area contributed by atoms with E-state index in [0.29, 0.717) is 5.41 Å². The van der Waals surface area contributed by atoms with Gasteiger partial charge in [0.1, 0.15) is 0 Å². The molecule has 2 nitrogen and oxygen atoms in total. The Balaban J connectivity index is 1.98. The molecule has 1 heterocycles. The zero-order valence-electron chi connectivity index (χ0n) is 7.05. The summed E-state index contributed by atoms with van der Waals surface area (Å²) in [5.74, 6) is 0. The van der Waals surface area contributed by atoms with Crippen LogP contribution in [0.3, 0.4) is 0 Å². The first-order valence-corrected chi connectivity index (χ1v) is 4.75. The van der Waals surface area contributed by atoms with Crippen molar-refractivity contribution in [1.82, 2.24) is 5.06 Å². The Hall–Kier alpha value is -0.0800. The summed E-state index contributed by atoms with van der Waals surface area (Å²) in [4.78, 5) is 0. The van der Waals surface area contributed by atoms with Gasteiger partial charge in [-0.2, -0.15) is 5.06 Å². The van der Waals surface area contributed by atoms with Gasteiger partial charge in [0, 0.05) is 13.1 Å². The summed E-state index contributed by atoms with van der Waals surface area (Å²) in [6.45, 7) is 1.84. The second-order valence-corrected chi connectivity index (χ2v) is 4.20. The highest BCUT2D eigenvalue weighted by atomic mass is 16.5. The molecule has 0 bridgehead atoms. The number of hydrogen-bond acceptors (Lipinski definition) is 2. The van der Waals surface area contributed by atoms with Crippen molar-refractivity contribution in [3.05, 3.63) is 0 Å². The van der Waals surface area contributed by atoms with E-state index < -0.39 is 0 Å². The average molecular weight is 155 g/mol. The van der Waals surface area contributed by atoms with Crippen molar-refractivity contribution in [2.45, 2.75) is 38.5 Å². The summed E-state index contributed by atoms with van der Waals surface area (Å²) in [6, 6.07) is 0. The lowest BCUT2D eigenvalue weighted by molar-refractivity contribution is -0.0797. The summed E-state index contributed by atoms with van der Waals surface area (Å²) in [7, 11) is 0. The minimum Gasteiger partial charge on any atom is -0.314 e. The van der Waals surface area contributed by atoms with E-state index in [-0.39, 0.29) is 0 Å². The van der Waals surface area contributed by atoms with E-state index in [9.17, 15) is 5.21 Å². The van der Waals surface area contributed by atoms with Gasteiger partial charge in [0.25, 0.3) is 0 Å². The molecule has 1 spiro atoms. The van der Waals surface area contributed by atoms with Crippen LogP contribution in [0.5, 0.6) is 0 Å². The Bertz CT molecular complexity index is 135. The Morgan fingerprint density at radius 3 is 2.27 bits per heavy atom. The zero-order valence-corrected chi connectivity index (χ0v) is 7.05. The lowest BCUT2D eigenvalue weighted by atomic mass is 9.74. The molecular formula is C9H17NO. The molecule has 0 aromatic carbocycles. The fraction of sp³-hybridized carbons (Fsp3) is 1.00. The van der Waals surface area contributed by atoms with Gasteiger partial charge >= 0.3 is 0 Å². The lowest BCUT2D eigenvalue weighted by Gasteiger charge is -2.32. The quantitative estimate of drug-likeness (QED) is 0.578. The predicted molar refractivity (Wildman–Crippen MR) is 43.5 cm³/mol. The molecule has 1 N–H and O–H groups in total. The van der Waals surface area contributed by atoms with Gasteiger partial charge in [-0.25, -0.2) is 0 Å². The van der Waals surface area contributed by atoms with Crippen LogP contribution in [-0.4, -0.2) is 23.4 Å². The third-order valence-corrected chi connectivity index (χ3v) is 3.33. The molecule has 1 saturated carbocycles. The molecule has 2 fully saturated rings. The van der Waals surface area contributed by atoms with Crippen molar-refractivity contribution in [1.29, 1.82) is 0 Å². The molecule has 0 amide bonds. The molecule has 64 valence electrons. The van der Waals surface area contributed by atoms with E-state index in [1.165, 1.54) is 43.6 Å². The van der Waals surface area contributed by atoms with Crippen molar-refractivity contribution in [2.24, 2.45) is 5.41 Å². The molecule has 2 aliphatic rings. The standard InChI is InChI=1S/C9H17NO/c11-10-7-6-9(8-10)4-2-1-3-5-9/h11H,1-8H2. The number of rotatable bonds is 0. The van der Waals surface area contributed by atoms with E-state index in [1.54, 1.807) is 0 Å². The van der Waals surface area contributed by atoms with E-state index in [4.69, 9.17) is 0 Å². The first-order valence-electron chi connectivity index (χ1n) is 4.75. The lowest BCUT2D eigenvalue weighted by Crippen LogP contribution is -2.27. The van der Waals surface area contributed by atoms with E-state index in [0.717, 1.165) is 13.1 Å². The van der Waals surface area contributed by atoms with Crippen LogP contribution in [0.1, 0.15) is 38.5 Å². The van der Waals surface area contributed by atoms with Gasteiger partial charge in [-0.15, -0.1) is 0 Å². The highest BCUT2D eigenvalue weighted by Crippen LogP contribution is 2.42. The van der Waals surface area contributed by atoms with Gasteiger partial charge in [0.2, 0.25) is 0 Å². The summed E-state index contributed by atoms with van der Waals surface area (Å²) >= 11 is 0. The van der Waals surface area contributed by atoms with Crippen LogP contribution in [0.15, 0.2) is 0 Å². The normalized spacial score (nSPS) is 31.4. The smallest absolute Gasteiger partial charge is 0.0295 e. The van der Waals surface area contributed by atoms with E-state index in [2.05, 4.69) is 0 Å². The number of hydroxylamine groups is 2. The largest absolute Gasteiger partial charge is 0.314 e. The first-order chi connectivity index (χ1) is 5.31. The summed E-state index contributed by atoms with van der Waals surface area (Å²) in [5, 5.41) is 10.8. The second-order valence-electron chi connectivity index (χ2n) is 4.20. The third-order valence-electron chi connectivity index (χ3n) is 3.33. The SMILES string of the molecule is ON1CCC2(CCCCC2)C1. The van der Waals surface area contributed by atoms with Crippen molar-refractivity contribution in [2.75, 3.05) is 13.1 Å². The van der Waals surface area contributed by atoms with Crippen molar-refractivity contribution in [3.63, 3.8) is 0 Å². The van der Waals surface area contributed by atoms with Crippen molar-refractivity contribution < 1.29 is 5.21 Å². The molecule has 0 radical (unpaired) electrons. The van der Waals surface area contributed by atoms with Crippen molar-refractivity contribution in [3.8, 4) is 0 Å². The fourth-order valence-corrected chi connectivity index (χ4v) is 2.62. The molecule has 0 atom stereocenters. The topological polar surface area (TPSA) is 23.5 Å². The molecule has 2 heteroatoms. The molecule has 0 unspecified atom stereocenters. The van der Waals surface area contributed by atoms with E-state index in [1.807, 2.05) is 0 Å². The maximum atomic E-state index is 9.28. The number of nitrogens with zero attached hydrogens (tertiary/aromatic N) is 1. The molecule has 2 rings (SSSR count). The van der Waals surface area contributed by atoms with Crippen LogP contribution in [0.25, 0.3) is 0 Å². The van der Waals surface area contributed by atoms with Gasteiger partial charge in [-0.3, -0.25) is 0 Å². The summed E-state index contributed by atoms with van der Waals surface area (Å²) in [6.07, 6.45) is 8.10. The molecule has 1 saturated heterocycles. The highest BCUT2D eigenvalue weighted by Gasteiger charge is 2.38. The molecule has 1 aliphatic heterocycles. The van der Waals surface area contributed by atoms with Crippen molar-refractivity contribution >= 4 is 0 Å². The summed E-state index contributed by atoms with van der Waals surface area (Å²) in [5.41, 5.74) is 0.521. The van der Waals surface area contributed by atoms with Gasteiger partial charge < -0.3 is 5.21 Å². The van der Waals surface area contributed by atoms with Crippen LogP contribution >= 0.6 is 0 Å². The maximum Gasteiger partial charge on any atom is 0.0295 e. The molecule has 1 aliphatic carbocycles.